The summed E-state index contributed by atoms with van der Waals surface area (Å²) < 4.78 is 5.66. The van der Waals surface area contributed by atoms with E-state index in [1.54, 1.807) is 0 Å². The predicted molar refractivity (Wildman–Crippen MR) is 85.3 cm³/mol. The summed E-state index contributed by atoms with van der Waals surface area (Å²) in [6.07, 6.45) is 1.01. The lowest BCUT2D eigenvalue weighted by Gasteiger charge is -2.09. The van der Waals surface area contributed by atoms with Crippen LogP contribution in [0, 0.1) is 5.92 Å². The number of hydrogen-bond acceptors (Lipinski definition) is 5. The van der Waals surface area contributed by atoms with Crippen molar-refractivity contribution in [2.45, 2.75) is 20.3 Å². The van der Waals surface area contributed by atoms with E-state index in [0.29, 0.717) is 18.2 Å². The molecule has 22 heavy (non-hydrogen) atoms. The Hall–Kier alpha value is -2.63. The van der Waals surface area contributed by atoms with Gasteiger partial charge in [0.05, 0.1) is 12.3 Å². The van der Waals surface area contributed by atoms with Gasteiger partial charge in [-0.15, -0.1) is 0 Å². The van der Waals surface area contributed by atoms with E-state index < -0.39 is 5.91 Å². The summed E-state index contributed by atoms with van der Waals surface area (Å²) in [4.78, 5) is 19.1. The van der Waals surface area contributed by atoms with Crippen LogP contribution in [0.5, 0.6) is 5.75 Å². The normalized spacial score (nSPS) is 10.7. The number of primary amides is 1. The standard InChI is InChI=1S/C16H20N4O2/c1-10(2)7-8-22-12-5-3-11(4-6-12)13-9-14(15(17)21)20-16(18)19-13/h3-6,9-10H,7-8H2,1-2H3,(H2,17,21)(H2,18,19,20). The van der Waals surface area contributed by atoms with Crippen LogP contribution in [0.1, 0.15) is 30.8 Å². The lowest BCUT2D eigenvalue weighted by atomic mass is 10.1. The van der Waals surface area contributed by atoms with Crippen molar-refractivity contribution >= 4 is 11.9 Å². The van der Waals surface area contributed by atoms with Crippen molar-refractivity contribution in [1.29, 1.82) is 0 Å². The van der Waals surface area contributed by atoms with Crippen molar-refractivity contribution in [3.63, 3.8) is 0 Å². The number of benzene rings is 1. The molecule has 0 atom stereocenters. The molecule has 0 spiro atoms. The van der Waals surface area contributed by atoms with Crippen molar-refractivity contribution in [3.05, 3.63) is 36.0 Å². The summed E-state index contributed by atoms with van der Waals surface area (Å²) in [5.74, 6) is 0.782. The highest BCUT2D eigenvalue weighted by Gasteiger charge is 2.09. The highest BCUT2D eigenvalue weighted by molar-refractivity contribution is 5.92. The van der Waals surface area contributed by atoms with Crippen LogP contribution in [0.2, 0.25) is 0 Å². The van der Waals surface area contributed by atoms with E-state index in [9.17, 15) is 4.79 Å². The molecule has 0 aliphatic rings. The van der Waals surface area contributed by atoms with E-state index in [0.717, 1.165) is 17.7 Å². The van der Waals surface area contributed by atoms with Gasteiger partial charge in [-0.1, -0.05) is 13.8 Å². The van der Waals surface area contributed by atoms with Crippen LogP contribution in [-0.4, -0.2) is 22.5 Å². The Labute approximate surface area is 129 Å². The second-order valence-corrected chi connectivity index (χ2v) is 5.42. The van der Waals surface area contributed by atoms with E-state index in [1.165, 1.54) is 6.07 Å². The van der Waals surface area contributed by atoms with Gasteiger partial charge < -0.3 is 16.2 Å². The molecule has 2 rings (SSSR count). The number of aromatic nitrogens is 2. The minimum Gasteiger partial charge on any atom is -0.494 e. The van der Waals surface area contributed by atoms with Crippen LogP contribution >= 0.6 is 0 Å². The summed E-state index contributed by atoms with van der Waals surface area (Å²) in [5.41, 5.74) is 12.3. The average molecular weight is 300 g/mol. The third kappa shape index (κ3) is 4.18. The lowest BCUT2D eigenvalue weighted by molar-refractivity contribution is 0.0995. The summed E-state index contributed by atoms with van der Waals surface area (Å²) >= 11 is 0. The van der Waals surface area contributed by atoms with Gasteiger partial charge in [-0.25, -0.2) is 9.97 Å². The first kappa shape index (κ1) is 15.8. The summed E-state index contributed by atoms with van der Waals surface area (Å²) in [6.45, 7) is 4.99. The summed E-state index contributed by atoms with van der Waals surface area (Å²) in [5, 5.41) is 0. The van der Waals surface area contributed by atoms with Crippen LogP contribution < -0.4 is 16.2 Å². The molecule has 0 radical (unpaired) electrons. The molecule has 0 saturated heterocycles. The first-order valence-electron chi connectivity index (χ1n) is 7.13. The minimum absolute atomic E-state index is 0.0172. The van der Waals surface area contributed by atoms with Crippen LogP contribution in [0.4, 0.5) is 5.95 Å². The van der Waals surface area contributed by atoms with Gasteiger partial charge in [-0.05, 0) is 42.7 Å². The Morgan fingerprint density at radius 1 is 1.23 bits per heavy atom. The molecule has 0 bridgehead atoms. The number of nitrogen functional groups attached to an aromatic ring is 1. The number of ether oxygens (including phenoxy) is 1. The molecule has 0 fully saturated rings. The van der Waals surface area contributed by atoms with Gasteiger partial charge in [0.2, 0.25) is 5.95 Å². The Morgan fingerprint density at radius 2 is 1.91 bits per heavy atom. The lowest BCUT2D eigenvalue weighted by Crippen LogP contribution is -2.15. The van der Waals surface area contributed by atoms with Gasteiger partial charge in [0.15, 0.2) is 0 Å². The Kier molecular flexibility index (Phi) is 4.93. The average Bonchev–Trinajstić information content (AvgIpc) is 2.47. The van der Waals surface area contributed by atoms with Gasteiger partial charge in [-0.2, -0.15) is 0 Å². The highest BCUT2D eigenvalue weighted by atomic mass is 16.5. The second-order valence-electron chi connectivity index (χ2n) is 5.42. The van der Waals surface area contributed by atoms with Gasteiger partial charge in [0.1, 0.15) is 11.4 Å². The number of rotatable bonds is 6. The van der Waals surface area contributed by atoms with E-state index >= 15 is 0 Å². The molecule has 0 aliphatic carbocycles. The third-order valence-corrected chi connectivity index (χ3v) is 3.11. The smallest absolute Gasteiger partial charge is 0.267 e. The number of nitrogens with two attached hydrogens (primary N) is 2. The molecule has 1 heterocycles. The van der Waals surface area contributed by atoms with Crippen molar-refractivity contribution < 1.29 is 9.53 Å². The first-order valence-corrected chi connectivity index (χ1v) is 7.13. The van der Waals surface area contributed by atoms with E-state index in [2.05, 4.69) is 23.8 Å². The van der Waals surface area contributed by atoms with Gasteiger partial charge in [-0.3, -0.25) is 4.79 Å². The second kappa shape index (κ2) is 6.89. The Morgan fingerprint density at radius 3 is 2.50 bits per heavy atom. The molecule has 0 saturated carbocycles. The fourth-order valence-corrected chi connectivity index (χ4v) is 1.87. The maximum Gasteiger partial charge on any atom is 0.267 e. The van der Waals surface area contributed by atoms with Crippen LogP contribution in [0.25, 0.3) is 11.3 Å². The molecule has 1 amide bonds. The molecule has 116 valence electrons. The molecule has 4 N–H and O–H groups in total. The van der Waals surface area contributed by atoms with E-state index in [-0.39, 0.29) is 11.6 Å². The number of nitrogens with zero attached hydrogens (tertiary/aromatic N) is 2. The fraction of sp³-hybridized carbons (Fsp3) is 0.312. The van der Waals surface area contributed by atoms with Crippen LogP contribution in [0.15, 0.2) is 30.3 Å². The van der Waals surface area contributed by atoms with Crippen LogP contribution in [-0.2, 0) is 0 Å². The van der Waals surface area contributed by atoms with Gasteiger partial charge in [0.25, 0.3) is 5.91 Å². The topological polar surface area (TPSA) is 104 Å². The van der Waals surface area contributed by atoms with Gasteiger partial charge in [0, 0.05) is 5.56 Å². The fourth-order valence-electron chi connectivity index (χ4n) is 1.87. The van der Waals surface area contributed by atoms with E-state index in [1.807, 2.05) is 24.3 Å². The van der Waals surface area contributed by atoms with Gasteiger partial charge >= 0.3 is 0 Å². The quantitative estimate of drug-likeness (QED) is 0.851. The third-order valence-electron chi connectivity index (χ3n) is 3.11. The monoisotopic (exact) mass is 300 g/mol. The largest absolute Gasteiger partial charge is 0.494 e. The molecular weight excluding hydrogens is 280 g/mol. The molecule has 0 aliphatic heterocycles. The Balaban J connectivity index is 2.15. The summed E-state index contributed by atoms with van der Waals surface area (Å²) in [7, 11) is 0. The molecule has 1 aromatic heterocycles. The maximum atomic E-state index is 11.2. The van der Waals surface area contributed by atoms with Crippen molar-refractivity contribution in [2.75, 3.05) is 12.3 Å². The number of amides is 1. The Bertz CT molecular complexity index is 654. The maximum absolute atomic E-state index is 11.2. The van der Waals surface area contributed by atoms with Crippen molar-refractivity contribution in [3.8, 4) is 17.0 Å². The summed E-state index contributed by atoms with van der Waals surface area (Å²) in [6, 6.07) is 8.96. The molecule has 6 nitrogen and oxygen atoms in total. The molecule has 2 aromatic rings. The molecule has 6 heteroatoms. The SMILES string of the molecule is CC(C)CCOc1ccc(-c2cc(C(N)=O)nc(N)n2)cc1. The number of carbonyl (C=O) groups is 1. The zero-order chi connectivity index (χ0) is 16.1. The molecule has 0 unspecified atom stereocenters. The number of anilines is 1. The van der Waals surface area contributed by atoms with Crippen molar-refractivity contribution in [2.24, 2.45) is 11.7 Å². The number of hydrogen-bond donors (Lipinski definition) is 2. The molecular formula is C16H20N4O2. The highest BCUT2D eigenvalue weighted by Crippen LogP contribution is 2.22. The zero-order valence-corrected chi connectivity index (χ0v) is 12.7. The predicted octanol–water partition coefficient (Wildman–Crippen LogP) is 2.25. The van der Waals surface area contributed by atoms with Crippen LogP contribution in [0.3, 0.4) is 0 Å². The minimum atomic E-state index is -0.635. The van der Waals surface area contributed by atoms with Crippen molar-refractivity contribution in [1.82, 2.24) is 9.97 Å². The number of carbonyl (C=O) groups excluding carboxylic acids is 1. The zero-order valence-electron chi connectivity index (χ0n) is 12.7. The molecule has 1 aromatic carbocycles. The first-order chi connectivity index (χ1) is 10.5. The van der Waals surface area contributed by atoms with E-state index in [4.69, 9.17) is 16.2 Å².